The van der Waals surface area contributed by atoms with Crippen LogP contribution < -0.4 is 0 Å². The summed E-state index contributed by atoms with van der Waals surface area (Å²) >= 11 is 0. The molecule has 0 unspecified atom stereocenters. The van der Waals surface area contributed by atoms with E-state index in [1.807, 2.05) is 30.3 Å². The smallest absolute Gasteiger partial charge is 0.131 e. The molecule has 0 heterocycles. The average molecular weight is 338 g/mol. The second-order valence-corrected chi connectivity index (χ2v) is 7.72. The first-order valence-electron chi connectivity index (χ1n) is 9.15. The van der Waals surface area contributed by atoms with Gasteiger partial charge in [0.1, 0.15) is 5.82 Å². The number of halogens is 1. The first kappa shape index (κ1) is 17.4. The number of aryl methyl sites for hydroxylation is 2. The van der Waals surface area contributed by atoms with Crippen molar-refractivity contribution < 1.29 is 4.39 Å². The molecule has 2 heteroatoms. The van der Waals surface area contributed by atoms with Crippen molar-refractivity contribution in [2.24, 2.45) is 11.8 Å². The lowest BCUT2D eigenvalue weighted by Crippen LogP contribution is -2.14. The van der Waals surface area contributed by atoms with Crippen LogP contribution in [-0.4, -0.2) is 10.2 Å². The summed E-state index contributed by atoms with van der Waals surface area (Å²) in [5.41, 5.74) is 3.99. The first-order chi connectivity index (χ1) is 11.7. The van der Waals surface area contributed by atoms with Crippen molar-refractivity contribution in [3.63, 3.8) is 0 Å². The molecule has 2 aromatic carbocycles. The molecule has 0 bridgehead atoms. The van der Waals surface area contributed by atoms with Crippen molar-refractivity contribution >= 4 is 10.2 Å². The summed E-state index contributed by atoms with van der Waals surface area (Å²) in [6.45, 7) is 2.05. The van der Waals surface area contributed by atoms with Crippen LogP contribution in [0.2, 0.25) is 6.04 Å². The molecule has 0 aromatic heterocycles. The van der Waals surface area contributed by atoms with Crippen LogP contribution in [0, 0.1) is 24.6 Å². The average Bonchev–Trinajstić information content (AvgIpc) is 2.61. The fourth-order valence-electron chi connectivity index (χ4n) is 3.78. The summed E-state index contributed by atoms with van der Waals surface area (Å²) in [5.74, 6) is 1.59. The Morgan fingerprint density at radius 2 is 1.62 bits per heavy atom. The van der Waals surface area contributed by atoms with Crippen molar-refractivity contribution in [3.05, 3.63) is 59.4 Å². The molecule has 1 saturated carbocycles. The zero-order chi connectivity index (χ0) is 16.9. The van der Waals surface area contributed by atoms with E-state index in [0.717, 1.165) is 35.4 Å². The van der Waals surface area contributed by atoms with Crippen molar-refractivity contribution in [3.8, 4) is 11.1 Å². The van der Waals surface area contributed by atoms with Gasteiger partial charge in [-0.1, -0.05) is 73.7 Å². The van der Waals surface area contributed by atoms with E-state index in [4.69, 9.17) is 0 Å². The summed E-state index contributed by atoms with van der Waals surface area (Å²) in [7, 11) is 3.65. The largest absolute Gasteiger partial charge is 0.206 e. The van der Waals surface area contributed by atoms with Crippen LogP contribution in [0.15, 0.2) is 42.5 Å². The third-order valence-corrected chi connectivity index (χ3v) is 6.07. The van der Waals surface area contributed by atoms with Crippen LogP contribution >= 0.6 is 0 Å². The quantitative estimate of drug-likeness (QED) is 0.576. The van der Waals surface area contributed by atoms with Gasteiger partial charge >= 0.3 is 0 Å². The molecule has 0 spiro atoms. The fraction of sp³-hybridized carbons (Fsp3) is 0.455. The van der Waals surface area contributed by atoms with E-state index in [1.165, 1.54) is 37.7 Å². The van der Waals surface area contributed by atoms with Crippen LogP contribution in [0.4, 0.5) is 4.39 Å². The standard InChI is InChI=1S/C22H26FSi/c1-16-2-11-20(12-3-16)21-13-10-18(14-22(21)23)7-4-17-5-8-19(15-24)9-6-17/h2-3,10-14,17,19H,4-9,15H2,1H3. The second kappa shape index (κ2) is 8.11. The molecular weight excluding hydrogens is 311 g/mol. The Kier molecular flexibility index (Phi) is 5.88. The van der Waals surface area contributed by atoms with Gasteiger partial charge in [-0.3, -0.25) is 0 Å². The van der Waals surface area contributed by atoms with Crippen molar-refractivity contribution in [1.29, 1.82) is 0 Å². The summed E-state index contributed by atoms with van der Waals surface area (Å²) in [6, 6.07) is 15.0. The monoisotopic (exact) mass is 337 g/mol. The first-order valence-corrected chi connectivity index (χ1v) is 9.86. The molecule has 3 radical (unpaired) electrons. The highest BCUT2D eigenvalue weighted by Crippen LogP contribution is 2.33. The van der Waals surface area contributed by atoms with Crippen LogP contribution in [-0.2, 0) is 6.42 Å². The van der Waals surface area contributed by atoms with E-state index in [2.05, 4.69) is 23.2 Å². The minimum absolute atomic E-state index is 0.0981. The lowest BCUT2D eigenvalue weighted by molar-refractivity contribution is 0.278. The van der Waals surface area contributed by atoms with Crippen molar-refractivity contribution in [2.45, 2.75) is 51.5 Å². The van der Waals surface area contributed by atoms with Crippen LogP contribution in [0.5, 0.6) is 0 Å². The Bertz CT molecular complexity index is 654. The topological polar surface area (TPSA) is 0 Å². The molecule has 125 valence electrons. The lowest BCUT2D eigenvalue weighted by Gasteiger charge is -2.27. The molecule has 24 heavy (non-hydrogen) atoms. The summed E-state index contributed by atoms with van der Waals surface area (Å²) in [6.07, 6.45) is 7.54. The van der Waals surface area contributed by atoms with Gasteiger partial charge in [0.05, 0.1) is 0 Å². The highest BCUT2D eigenvalue weighted by Gasteiger charge is 2.19. The molecule has 0 aliphatic heterocycles. The predicted octanol–water partition coefficient (Wildman–Crippen LogP) is 6.13. The summed E-state index contributed by atoms with van der Waals surface area (Å²) < 4.78 is 14.5. The lowest BCUT2D eigenvalue weighted by atomic mass is 9.80. The molecule has 1 aliphatic rings. The Labute approximate surface area is 148 Å². The normalized spacial score (nSPS) is 21.0. The van der Waals surface area contributed by atoms with Crippen LogP contribution in [0.3, 0.4) is 0 Å². The molecule has 0 nitrogen and oxygen atoms in total. The van der Waals surface area contributed by atoms with E-state index in [9.17, 15) is 4.39 Å². The summed E-state index contributed by atoms with van der Waals surface area (Å²) in [4.78, 5) is 0. The van der Waals surface area contributed by atoms with Crippen LogP contribution in [0.1, 0.15) is 43.2 Å². The van der Waals surface area contributed by atoms with Crippen LogP contribution in [0.25, 0.3) is 11.1 Å². The maximum absolute atomic E-state index is 14.5. The molecule has 0 saturated heterocycles. The van der Waals surface area contributed by atoms with Crippen molar-refractivity contribution in [1.82, 2.24) is 0 Å². The molecule has 1 fully saturated rings. The molecule has 0 atom stereocenters. The zero-order valence-corrected chi connectivity index (χ0v) is 15.5. The minimum Gasteiger partial charge on any atom is -0.206 e. The van der Waals surface area contributed by atoms with E-state index >= 15 is 0 Å². The molecule has 0 amide bonds. The van der Waals surface area contributed by atoms with Gasteiger partial charge < -0.3 is 0 Å². The molecule has 2 aromatic rings. The number of rotatable bonds is 5. The highest BCUT2D eigenvalue weighted by molar-refractivity contribution is 6.08. The molecule has 3 rings (SSSR count). The van der Waals surface area contributed by atoms with Gasteiger partial charge in [0, 0.05) is 15.8 Å². The third kappa shape index (κ3) is 4.35. The van der Waals surface area contributed by atoms with E-state index < -0.39 is 0 Å². The highest BCUT2D eigenvalue weighted by atomic mass is 28.1. The Hall–Kier alpha value is -1.41. The third-order valence-electron chi connectivity index (χ3n) is 5.49. The van der Waals surface area contributed by atoms with Gasteiger partial charge in [-0.05, 0) is 48.8 Å². The summed E-state index contributed by atoms with van der Waals surface area (Å²) in [5, 5.41) is 0. The zero-order valence-electron chi connectivity index (χ0n) is 14.5. The number of hydrogen-bond acceptors (Lipinski definition) is 0. The van der Waals surface area contributed by atoms with E-state index in [0.29, 0.717) is 5.56 Å². The maximum atomic E-state index is 14.5. The van der Waals surface area contributed by atoms with Gasteiger partial charge in [-0.25, -0.2) is 4.39 Å². The molecule has 0 N–H and O–H groups in total. The predicted molar refractivity (Wildman–Crippen MR) is 101 cm³/mol. The van der Waals surface area contributed by atoms with E-state index in [-0.39, 0.29) is 5.82 Å². The van der Waals surface area contributed by atoms with Gasteiger partial charge in [-0.2, -0.15) is 0 Å². The fourth-order valence-corrected chi connectivity index (χ4v) is 4.18. The Balaban J connectivity index is 1.60. The molecular formula is C22H26FSi. The number of hydrogen-bond donors (Lipinski definition) is 0. The number of benzene rings is 2. The van der Waals surface area contributed by atoms with Crippen molar-refractivity contribution in [2.75, 3.05) is 0 Å². The van der Waals surface area contributed by atoms with Gasteiger partial charge in [0.15, 0.2) is 0 Å². The minimum atomic E-state index is -0.0981. The van der Waals surface area contributed by atoms with Gasteiger partial charge in [-0.15, -0.1) is 0 Å². The molecule has 1 aliphatic carbocycles. The maximum Gasteiger partial charge on any atom is 0.131 e. The Morgan fingerprint density at radius 3 is 2.25 bits per heavy atom. The van der Waals surface area contributed by atoms with E-state index in [1.54, 1.807) is 6.07 Å². The van der Waals surface area contributed by atoms with Gasteiger partial charge in [0.25, 0.3) is 0 Å². The Morgan fingerprint density at radius 1 is 0.958 bits per heavy atom. The van der Waals surface area contributed by atoms with Gasteiger partial charge in [0.2, 0.25) is 0 Å². The second-order valence-electron chi connectivity index (χ2n) is 7.31. The SMILES string of the molecule is Cc1ccc(-c2ccc(CCC3CCC(C[Si])CC3)cc2F)cc1.